The van der Waals surface area contributed by atoms with E-state index in [1.807, 2.05) is 0 Å². The van der Waals surface area contributed by atoms with Gasteiger partial charge in [-0.25, -0.2) is 0 Å². The van der Waals surface area contributed by atoms with Crippen LogP contribution in [-0.2, 0) is 15.7 Å². The van der Waals surface area contributed by atoms with E-state index in [0.29, 0.717) is 13.2 Å². The number of alkyl halides is 3. The molecule has 25 heavy (non-hydrogen) atoms. The average molecular weight is 385 g/mol. The summed E-state index contributed by atoms with van der Waals surface area (Å²) in [6.07, 6.45) is -5.51. The van der Waals surface area contributed by atoms with Crippen molar-refractivity contribution in [3.8, 4) is 5.75 Å². The smallest absolute Gasteiger partial charge is 0.416 e. The molecule has 1 saturated heterocycles. The minimum absolute atomic E-state index is 0. The van der Waals surface area contributed by atoms with Crippen LogP contribution in [0.2, 0.25) is 0 Å². The predicted octanol–water partition coefficient (Wildman–Crippen LogP) is 0.971. The van der Waals surface area contributed by atoms with Crippen LogP contribution in [0.25, 0.3) is 0 Å². The Labute approximate surface area is 149 Å². The largest absolute Gasteiger partial charge is 0.491 e. The molecule has 2 rings (SSSR count). The number of carbonyl (C=O) groups excluding carboxylic acids is 1. The molecular formula is C15H20ClF3N2O4. The maximum atomic E-state index is 12.6. The molecular weight excluding hydrogens is 365 g/mol. The molecule has 0 aliphatic carbocycles. The highest BCUT2D eigenvalue weighted by molar-refractivity contribution is 5.85. The lowest BCUT2D eigenvalue weighted by atomic mass is 10.2. The Kier molecular flexibility index (Phi) is 8.43. The van der Waals surface area contributed by atoms with E-state index >= 15 is 0 Å². The van der Waals surface area contributed by atoms with E-state index in [0.717, 1.165) is 12.1 Å². The molecule has 142 valence electrons. The van der Waals surface area contributed by atoms with E-state index < -0.39 is 23.9 Å². The number of morpholine rings is 1. The van der Waals surface area contributed by atoms with Crippen molar-refractivity contribution in [1.82, 2.24) is 10.6 Å². The summed E-state index contributed by atoms with van der Waals surface area (Å²) >= 11 is 0. The fourth-order valence-corrected chi connectivity index (χ4v) is 2.09. The standard InChI is InChI=1S/C15H19F3N2O4.ClH/c16-15(17,18)10-2-1-3-12(6-10)24-8-11(21)7-20-14(22)13-9-23-5-4-19-13;/h1-3,6,11,13,19,21H,4-5,7-9H2,(H,20,22);1H. The number of benzene rings is 1. The van der Waals surface area contributed by atoms with Gasteiger partial charge in [-0.3, -0.25) is 4.79 Å². The monoisotopic (exact) mass is 384 g/mol. The summed E-state index contributed by atoms with van der Waals surface area (Å²) in [6.45, 7) is 1.05. The highest BCUT2D eigenvalue weighted by atomic mass is 35.5. The Balaban J connectivity index is 0.00000312. The first kappa shape index (κ1) is 21.5. The lowest BCUT2D eigenvalue weighted by Crippen LogP contribution is -2.52. The molecule has 0 aromatic heterocycles. The van der Waals surface area contributed by atoms with Crippen molar-refractivity contribution in [3.05, 3.63) is 29.8 Å². The number of carbonyl (C=O) groups is 1. The van der Waals surface area contributed by atoms with Crippen LogP contribution >= 0.6 is 12.4 Å². The lowest BCUT2D eigenvalue weighted by molar-refractivity contribution is -0.137. The van der Waals surface area contributed by atoms with E-state index in [-0.39, 0.29) is 43.8 Å². The third-order valence-corrected chi connectivity index (χ3v) is 3.35. The van der Waals surface area contributed by atoms with Gasteiger partial charge in [-0.15, -0.1) is 12.4 Å². The topological polar surface area (TPSA) is 79.8 Å². The van der Waals surface area contributed by atoms with Crippen LogP contribution in [0, 0.1) is 0 Å². The van der Waals surface area contributed by atoms with Crippen molar-refractivity contribution in [3.63, 3.8) is 0 Å². The minimum atomic E-state index is -4.46. The molecule has 2 atom stereocenters. The predicted molar refractivity (Wildman–Crippen MR) is 85.8 cm³/mol. The van der Waals surface area contributed by atoms with Gasteiger partial charge in [0.1, 0.15) is 24.5 Å². The summed E-state index contributed by atoms with van der Waals surface area (Å²) in [5, 5.41) is 15.3. The van der Waals surface area contributed by atoms with Crippen molar-refractivity contribution in [2.24, 2.45) is 0 Å². The molecule has 0 spiro atoms. The molecule has 1 amide bonds. The first-order valence-electron chi connectivity index (χ1n) is 7.43. The second-order valence-corrected chi connectivity index (χ2v) is 5.32. The molecule has 1 aliphatic heterocycles. The molecule has 0 radical (unpaired) electrons. The van der Waals surface area contributed by atoms with Crippen LogP contribution in [0.4, 0.5) is 13.2 Å². The molecule has 0 bridgehead atoms. The second kappa shape index (κ2) is 9.81. The van der Waals surface area contributed by atoms with E-state index in [2.05, 4.69) is 10.6 Å². The summed E-state index contributed by atoms with van der Waals surface area (Å²) < 4.78 is 48.0. The fraction of sp³-hybridized carbons (Fsp3) is 0.533. The maximum Gasteiger partial charge on any atom is 0.416 e. The summed E-state index contributed by atoms with van der Waals surface area (Å²) in [6, 6.07) is 3.90. The summed E-state index contributed by atoms with van der Waals surface area (Å²) in [5.74, 6) is -0.314. The molecule has 1 aromatic carbocycles. The lowest BCUT2D eigenvalue weighted by Gasteiger charge is -2.23. The van der Waals surface area contributed by atoms with Crippen molar-refractivity contribution in [2.75, 3.05) is 32.9 Å². The van der Waals surface area contributed by atoms with Crippen molar-refractivity contribution < 1.29 is 32.5 Å². The van der Waals surface area contributed by atoms with Gasteiger partial charge in [0.15, 0.2) is 0 Å². The van der Waals surface area contributed by atoms with E-state index in [1.54, 1.807) is 0 Å². The van der Waals surface area contributed by atoms with Crippen molar-refractivity contribution in [2.45, 2.75) is 18.3 Å². The normalized spacial score (nSPS) is 18.8. The number of halogens is 4. The number of hydrogen-bond acceptors (Lipinski definition) is 5. The number of rotatable bonds is 6. The number of aliphatic hydroxyl groups excluding tert-OH is 1. The summed E-state index contributed by atoms with van der Waals surface area (Å²) in [4.78, 5) is 11.8. The van der Waals surface area contributed by atoms with E-state index in [1.165, 1.54) is 12.1 Å². The number of nitrogens with one attached hydrogen (secondary N) is 2. The number of aliphatic hydroxyl groups is 1. The van der Waals surface area contributed by atoms with Gasteiger partial charge in [-0.05, 0) is 18.2 Å². The number of amides is 1. The third-order valence-electron chi connectivity index (χ3n) is 3.35. The number of hydrogen-bond donors (Lipinski definition) is 3. The van der Waals surface area contributed by atoms with Crippen LogP contribution in [-0.4, -0.2) is 56.1 Å². The maximum absolute atomic E-state index is 12.6. The van der Waals surface area contributed by atoms with Gasteiger partial charge >= 0.3 is 6.18 Å². The first-order chi connectivity index (χ1) is 11.4. The van der Waals surface area contributed by atoms with Gasteiger partial charge in [0.05, 0.1) is 18.8 Å². The van der Waals surface area contributed by atoms with Gasteiger partial charge in [0, 0.05) is 13.1 Å². The van der Waals surface area contributed by atoms with Gasteiger partial charge < -0.3 is 25.2 Å². The molecule has 1 aliphatic rings. The van der Waals surface area contributed by atoms with Gasteiger partial charge in [-0.1, -0.05) is 6.07 Å². The zero-order valence-electron chi connectivity index (χ0n) is 13.2. The summed E-state index contributed by atoms with van der Waals surface area (Å²) in [5.41, 5.74) is -0.828. The molecule has 0 saturated carbocycles. The van der Waals surface area contributed by atoms with Crippen LogP contribution in [0.1, 0.15) is 5.56 Å². The highest BCUT2D eigenvalue weighted by Crippen LogP contribution is 2.31. The minimum Gasteiger partial charge on any atom is -0.491 e. The van der Waals surface area contributed by atoms with Gasteiger partial charge in [-0.2, -0.15) is 13.2 Å². The molecule has 3 N–H and O–H groups in total. The Hall–Kier alpha value is -1.55. The van der Waals surface area contributed by atoms with Gasteiger partial charge in [0.2, 0.25) is 5.91 Å². The van der Waals surface area contributed by atoms with Crippen LogP contribution in [0.3, 0.4) is 0 Å². The highest BCUT2D eigenvalue weighted by Gasteiger charge is 2.30. The molecule has 2 unspecified atom stereocenters. The van der Waals surface area contributed by atoms with Crippen LogP contribution < -0.4 is 15.4 Å². The summed E-state index contributed by atoms with van der Waals surface area (Å²) in [7, 11) is 0. The molecule has 1 heterocycles. The van der Waals surface area contributed by atoms with Gasteiger partial charge in [0.25, 0.3) is 0 Å². The SMILES string of the molecule is Cl.O=C(NCC(O)COc1cccc(C(F)(F)F)c1)C1COCCN1. The van der Waals surface area contributed by atoms with Crippen LogP contribution in [0.5, 0.6) is 5.75 Å². The zero-order chi connectivity index (χ0) is 17.6. The van der Waals surface area contributed by atoms with E-state index in [4.69, 9.17) is 9.47 Å². The van der Waals surface area contributed by atoms with E-state index in [9.17, 15) is 23.1 Å². The average Bonchev–Trinajstić information content (AvgIpc) is 2.58. The third kappa shape index (κ3) is 7.07. The first-order valence-corrected chi connectivity index (χ1v) is 7.43. The quantitative estimate of drug-likeness (QED) is 0.681. The fourth-order valence-electron chi connectivity index (χ4n) is 2.09. The Morgan fingerprint density at radius 3 is 2.88 bits per heavy atom. The molecule has 10 heteroatoms. The Morgan fingerprint density at radius 2 is 2.24 bits per heavy atom. The van der Waals surface area contributed by atoms with Crippen molar-refractivity contribution >= 4 is 18.3 Å². The van der Waals surface area contributed by atoms with Crippen molar-refractivity contribution in [1.29, 1.82) is 0 Å². The molecule has 1 fully saturated rings. The number of ether oxygens (including phenoxy) is 2. The van der Waals surface area contributed by atoms with Crippen LogP contribution in [0.15, 0.2) is 24.3 Å². The second-order valence-electron chi connectivity index (χ2n) is 5.32. The zero-order valence-corrected chi connectivity index (χ0v) is 14.0. The Bertz CT molecular complexity index is 554. The molecule has 1 aromatic rings. The Morgan fingerprint density at radius 1 is 1.48 bits per heavy atom. The molecule has 6 nitrogen and oxygen atoms in total.